The molecule has 0 aliphatic carbocycles. The first-order valence-corrected chi connectivity index (χ1v) is 3.75. The highest BCUT2D eigenvalue weighted by atomic mass is 15.1. The van der Waals surface area contributed by atoms with Gasteiger partial charge in [0.15, 0.2) is 0 Å². The fourth-order valence-electron chi connectivity index (χ4n) is 1.22. The molecule has 1 aromatic rings. The Labute approximate surface area is 76.1 Å². The van der Waals surface area contributed by atoms with Crippen molar-refractivity contribution >= 4 is 5.69 Å². The molecule has 0 aliphatic heterocycles. The van der Waals surface area contributed by atoms with Gasteiger partial charge in [0.1, 0.15) is 0 Å². The van der Waals surface area contributed by atoms with Crippen LogP contribution in [0.15, 0.2) is 17.2 Å². The Balaban J connectivity index is 3.49. The molecule has 0 fully saturated rings. The summed E-state index contributed by atoms with van der Waals surface area (Å²) >= 11 is 0. The van der Waals surface area contributed by atoms with Crippen LogP contribution in [0.1, 0.15) is 16.7 Å². The molecule has 4 heteroatoms. The number of azide groups is 1. The lowest BCUT2D eigenvalue weighted by Crippen LogP contribution is -1.83. The van der Waals surface area contributed by atoms with Crippen LogP contribution in [-0.4, -0.2) is 0 Å². The molecule has 1 aromatic carbocycles. The molecule has 0 N–H and O–H groups in total. The maximum Gasteiger partial charge on any atom is 0.0996 e. The summed E-state index contributed by atoms with van der Waals surface area (Å²) in [5.74, 6) is 0. The third-order valence-corrected chi connectivity index (χ3v) is 1.71. The van der Waals surface area contributed by atoms with E-state index in [0.717, 1.165) is 11.1 Å². The average Bonchev–Trinajstić information content (AvgIpc) is 2.09. The lowest BCUT2D eigenvalue weighted by Gasteiger charge is -2.02. The Bertz CT molecular complexity index is 422. The molecule has 0 saturated carbocycles. The maximum atomic E-state index is 8.76. The van der Waals surface area contributed by atoms with Crippen molar-refractivity contribution in [2.45, 2.75) is 13.8 Å². The molecule has 0 amide bonds. The van der Waals surface area contributed by atoms with Crippen LogP contribution in [0, 0.1) is 25.2 Å². The standard InChI is InChI=1S/C9H8N4/c1-6-3-7(2)9(12-13-11)8(4-6)5-10/h3-4H,1-2H3. The average molecular weight is 172 g/mol. The maximum absolute atomic E-state index is 8.76. The second kappa shape index (κ2) is 3.61. The van der Waals surface area contributed by atoms with Gasteiger partial charge in [0, 0.05) is 4.91 Å². The van der Waals surface area contributed by atoms with E-state index in [1.165, 1.54) is 0 Å². The SMILES string of the molecule is Cc1cc(C)c(N=[N+]=[N-])c(C#N)c1. The van der Waals surface area contributed by atoms with E-state index in [9.17, 15) is 0 Å². The quantitative estimate of drug-likeness (QED) is 0.364. The van der Waals surface area contributed by atoms with Gasteiger partial charge in [-0.1, -0.05) is 11.2 Å². The third-order valence-electron chi connectivity index (χ3n) is 1.71. The van der Waals surface area contributed by atoms with Gasteiger partial charge < -0.3 is 0 Å². The van der Waals surface area contributed by atoms with Crippen molar-refractivity contribution in [1.29, 1.82) is 5.26 Å². The number of hydrogen-bond donors (Lipinski definition) is 0. The highest BCUT2D eigenvalue weighted by molar-refractivity contribution is 5.59. The minimum absolute atomic E-state index is 0.426. The van der Waals surface area contributed by atoms with Crippen LogP contribution < -0.4 is 0 Å². The monoisotopic (exact) mass is 172 g/mol. The van der Waals surface area contributed by atoms with Gasteiger partial charge in [-0.3, -0.25) is 0 Å². The van der Waals surface area contributed by atoms with E-state index < -0.39 is 0 Å². The lowest BCUT2D eigenvalue weighted by atomic mass is 10.1. The Kier molecular flexibility index (Phi) is 2.53. The van der Waals surface area contributed by atoms with E-state index >= 15 is 0 Å². The molecular formula is C9H8N4. The van der Waals surface area contributed by atoms with Gasteiger partial charge in [0.25, 0.3) is 0 Å². The van der Waals surface area contributed by atoms with E-state index in [2.05, 4.69) is 10.0 Å². The number of aryl methyl sites for hydroxylation is 2. The number of nitriles is 1. The van der Waals surface area contributed by atoms with E-state index in [-0.39, 0.29) is 0 Å². The van der Waals surface area contributed by atoms with Gasteiger partial charge in [0.2, 0.25) is 0 Å². The minimum Gasteiger partial charge on any atom is -0.192 e. The van der Waals surface area contributed by atoms with Crippen molar-refractivity contribution in [2.75, 3.05) is 0 Å². The van der Waals surface area contributed by atoms with Gasteiger partial charge in [-0.2, -0.15) is 5.26 Å². The third kappa shape index (κ3) is 1.78. The van der Waals surface area contributed by atoms with Crippen molar-refractivity contribution in [2.24, 2.45) is 5.11 Å². The molecule has 0 saturated heterocycles. The zero-order chi connectivity index (χ0) is 9.84. The van der Waals surface area contributed by atoms with Crippen LogP contribution in [0.4, 0.5) is 5.69 Å². The summed E-state index contributed by atoms with van der Waals surface area (Å²) in [6, 6.07) is 5.58. The van der Waals surface area contributed by atoms with E-state index in [4.69, 9.17) is 10.8 Å². The smallest absolute Gasteiger partial charge is 0.0996 e. The summed E-state index contributed by atoms with van der Waals surface area (Å²) in [5, 5.41) is 12.2. The topological polar surface area (TPSA) is 72.6 Å². The summed E-state index contributed by atoms with van der Waals surface area (Å²) in [7, 11) is 0. The van der Waals surface area contributed by atoms with Crippen molar-refractivity contribution < 1.29 is 0 Å². The Morgan fingerprint density at radius 2 is 2.15 bits per heavy atom. The van der Waals surface area contributed by atoms with Crippen LogP contribution in [0.25, 0.3) is 10.4 Å². The van der Waals surface area contributed by atoms with Crippen molar-refractivity contribution in [3.8, 4) is 6.07 Å². The largest absolute Gasteiger partial charge is 0.192 e. The number of rotatable bonds is 1. The Hall–Kier alpha value is -1.98. The molecule has 0 aromatic heterocycles. The zero-order valence-corrected chi connectivity index (χ0v) is 7.44. The van der Waals surface area contributed by atoms with E-state index in [0.29, 0.717) is 11.3 Å². The molecule has 0 radical (unpaired) electrons. The predicted octanol–water partition coefficient (Wildman–Crippen LogP) is 3.12. The van der Waals surface area contributed by atoms with Gasteiger partial charge in [-0.15, -0.1) is 0 Å². The highest BCUT2D eigenvalue weighted by Crippen LogP contribution is 2.24. The number of benzene rings is 1. The number of nitrogens with zero attached hydrogens (tertiary/aromatic N) is 4. The normalized spacial score (nSPS) is 8.69. The fourth-order valence-corrected chi connectivity index (χ4v) is 1.22. The molecule has 1 rings (SSSR count). The van der Waals surface area contributed by atoms with E-state index in [1.54, 1.807) is 6.07 Å². The number of hydrogen-bond acceptors (Lipinski definition) is 2. The lowest BCUT2D eigenvalue weighted by molar-refractivity contribution is 1.31. The molecule has 4 nitrogen and oxygen atoms in total. The van der Waals surface area contributed by atoms with Crippen molar-refractivity contribution in [3.05, 3.63) is 39.3 Å². The fraction of sp³-hybridized carbons (Fsp3) is 0.222. The molecule has 0 atom stereocenters. The second-order valence-electron chi connectivity index (χ2n) is 2.78. The summed E-state index contributed by atoms with van der Waals surface area (Å²) in [6.07, 6.45) is 0. The summed E-state index contributed by atoms with van der Waals surface area (Å²) in [5.41, 5.74) is 11.0. The molecule has 0 heterocycles. The molecule has 64 valence electrons. The summed E-state index contributed by atoms with van der Waals surface area (Å²) in [6.45, 7) is 3.71. The summed E-state index contributed by atoms with van der Waals surface area (Å²) in [4.78, 5) is 2.68. The van der Waals surface area contributed by atoms with Gasteiger partial charge >= 0.3 is 0 Å². The van der Waals surface area contributed by atoms with Crippen LogP contribution in [-0.2, 0) is 0 Å². The molecule has 0 spiro atoms. The van der Waals surface area contributed by atoms with Gasteiger partial charge in [-0.25, -0.2) is 0 Å². The first kappa shape index (κ1) is 9.11. The molecule has 13 heavy (non-hydrogen) atoms. The zero-order valence-electron chi connectivity index (χ0n) is 7.44. The molecule has 0 unspecified atom stereocenters. The molecular weight excluding hydrogens is 164 g/mol. The van der Waals surface area contributed by atoms with E-state index in [1.807, 2.05) is 26.0 Å². The highest BCUT2D eigenvalue weighted by Gasteiger charge is 2.03. The molecule has 0 bridgehead atoms. The van der Waals surface area contributed by atoms with Gasteiger partial charge in [0.05, 0.1) is 17.3 Å². The van der Waals surface area contributed by atoms with Crippen LogP contribution in [0.5, 0.6) is 0 Å². The van der Waals surface area contributed by atoms with Crippen LogP contribution in [0.3, 0.4) is 0 Å². The Morgan fingerprint density at radius 1 is 1.46 bits per heavy atom. The van der Waals surface area contributed by atoms with Crippen LogP contribution in [0.2, 0.25) is 0 Å². The van der Waals surface area contributed by atoms with Crippen LogP contribution >= 0.6 is 0 Å². The minimum atomic E-state index is 0.426. The first-order chi connectivity index (χ1) is 6.19. The Morgan fingerprint density at radius 3 is 2.69 bits per heavy atom. The predicted molar refractivity (Wildman–Crippen MR) is 49.4 cm³/mol. The first-order valence-electron chi connectivity index (χ1n) is 3.75. The summed E-state index contributed by atoms with van der Waals surface area (Å²) < 4.78 is 0. The van der Waals surface area contributed by atoms with Crippen molar-refractivity contribution in [1.82, 2.24) is 0 Å². The second-order valence-corrected chi connectivity index (χ2v) is 2.78. The van der Waals surface area contributed by atoms with Crippen molar-refractivity contribution in [3.63, 3.8) is 0 Å². The molecule has 0 aliphatic rings. The van der Waals surface area contributed by atoms with Gasteiger partial charge in [-0.05, 0) is 36.6 Å².